The monoisotopic (exact) mass is 430 g/mol. The van der Waals surface area contributed by atoms with Crippen LogP contribution in [0, 0.1) is 24.1 Å². The van der Waals surface area contributed by atoms with Crippen molar-refractivity contribution in [3.05, 3.63) is 93.8 Å². The molecule has 0 spiro atoms. The van der Waals surface area contributed by atoms with E-state index in [-0.39, 0.29) is 30.1 Å². The number of carbonyl (C=O) groups excluding carboxylic acids is 2. The molecule has 0 saturated carbocycles. The van der Waals surface area contributed by atoms with Crippen LogP contribution in [0.25, 0.3) is 0 Å². The first kappa shape index (κ1) is 21.1. The lowest BCUT2D eigenvalue weighted by Crippen LogP contribution is -2.18. The van der Waals surface area contributed by atoms with Crippen molar-refractivity contribution in [2.45, 2.75) is 19.4 Å². The van der Waals surface area contributed by atoms with Crippen molar-refractivity contribution in [2.75, 3.05) is 6.61 Å². The molecule has 0 aromatic heterocycles. The third kappa shape index (κ3) is 3.91. The van der Waals surface area contributed by atoms with Crippen molar-refractivity contribution in [2.24, 2.45) is 5.73 Å². The number of fused-ring (bicyclic) bond motifs is 1. The first-order valence-electron chi connectivity index (χ1n) is 9.94. The van der Waals surface area contributed by atoms with Crippen LogP contribution in [-0.2, 0) is 0 Å². The number of hydrogen-bond acceptors (Lipinski definition) is 5. The van der Waals surface area contributed by atoms with Gasteiger partial charge in [0.2, 0.25) is 5.91 Å². The molecule has 1 amide bonds. The third-order valence-corrected chi connectivity index (χ3v) is 5.34. The molecule has 6 nitrogen and oxygen atoms in total. The van der Waals surface area contributed by atoms with Gasteiger partial charge in [0.15, 0.2) is 17.3 Å². The number of rotatable bonds is 5. The Bertz CT molecular complexity index is 1260. The number of hydrogen-bond donors (Lipinski definition) is 1. The molecule has 0 radical (unpaired) electrons. The highest BCUT2D eigenvalue weighted by atomic mass is 19.1. The number of ether oxygens (including phenoxy) is 2. The highest BCUT2D eigenvalue weighted by Gasteiger charge is 2.28. The molecule has 4 rings (SSSR count). The Kier molecular flexibility index (Phi) is 5.61. The van der Waals surface area contributed by atoms with E-state index < -0.39 is 17.8 Å². The topological polar surface area (TPSA) is 102 Å². The molecule has 1 aliphatic rings. The van der Waals surface area contributed by atoms with Gasteiger partial charge < -0.3 is 15.2 Å². The lowest BCUT2D eigenvalue weighted by atomic mass is 9.97. The van der Waals surface area contributed by atoms with Crippen LogP contribution in [-0.4, -0.2) is 18.3 Å². The number of nitriles is 1. The summed E-state index contributed by atoms with van der Waals surface area (Å²) in [5.41, 5.74) is 7.89. The van der Waals surface area contributed by atoms with Gasteiger partial charge in [-0.25, -0.2) is 4.39 Å². The number of benzene rings is 3. The van der Waals surface area contributed by atoms with Gasteiger partial charge in [0, 0.05) is 17.5 Å². The average molecular weight is 430 g/mol. The molecule has 0 fully saturated rings. The summed E-state index contributed by atoms with van der Waals surface area (Å²) in [5, 5.41) is 9.30. The zero-order chi connectivity index (χ0) is 22.8. The van der Waals surface area contributed by atoms with Gasteiger partial charge in [-0.15, -0.1) is 0 Å². The third-order valence-electron chi connectivity index (χ3n) is 5.34. The summed E-state index contributed by atoms with van der Waals surface area (Å²) in [5.74, 6) is -1.18. The van der Waals surface area contributed by atoms with Crippen molar-refractivity contribution < 1.29 is 23.5 Å². The smallest absolute Gasteiger partial charge is 0.248 e. The Labute approximate surface area is 184 Å². The maximum absolute atomic E-state index is 15.1. The summed E-state index contributed by atoms with van der Waals surface area (Å²) >= 11 is 0. The van der Waals surface area contributed by atoms with E-state index in [0.717, 1.165) is 6.07 Å². The quantitative estimate of drug-likeness (QED) is 0.652. The average Bonchev–Trinajstić information content (AvgIpc) is 2.80. The molecule has 0 saturated heterocycles. The molecule has 1 heterocycles. The fraction of sp³-hybridized carbons (Fsp3) is 0.160. The second-order valence-electron chi connectivity index (χ2n) is 7.43. The second kappa shape index (κ2) is 8.52. The zero-order valence-corrected chi connectivity index (χ0v) is 17.2. The Balaban J connectivity index is 1.82. The molecule has 1 aliphatic heterocycles. The maximum atomic E-state index is 15.1. The van der Waals surface area contributed by atoms with E-state index in [1.165, 1.54) is 0 Å². The number of nitrogens with two attached hydrogens (primary N) is 1. The predicted octanol–water partition coefficient (Wildman–Crippen LogP) is 4.24. The molecule has 1 atom stereocenters. The van der Waals surface area contributed by atoms with Crippen molar-refractivity contribution >= 4 is 11.7 Å². The number of ketones is 1. The molecule has 2 N–H and O–H groups in total. The van der Waals surface area contributed by atoms with Gasteiger partial charge >= 0.3 is 0 Å². The van der Waals surface area contributed by atoms with Gasteiger partial charge in [0.25, 0.3) is 0 Å². The van der Waals surface area contributed by atoms with Crippen LogP contribution in [0.4, 0.5) is 4.39 Å². The SMILES string of the molecule is Cc1c(O[C@@H](c2ccc(C(N)=O)cc2)c2cccc(C#N)c2)c(F)cc2c1OCCC2=O. The van der Waals surface area contributed by atoms with Crippen LogP contribution in [0.2, 0.25) is 0 Å². The van der Waals surface area contributed by atoms with Crippen LogP contribution >= 0.6 is 0 Å². The van der Waals surface area contributed by atoms with Crippen molar-refractivity contribution in [3.8, 4) is 17.6 Å². The van der Waals surface area contributed by atoms with Gasteiger partial charge in [0.1, 0.15) is 11.9 Å². The second-order valence-corrected chi connectivity index (χ2v) is 7.43. The van der Waals surface area contributed by atoms with Crippen molar-refractivity contribution in [3.63, 3.8) is 0 Å². The van der Waals surface area contributed by atoms with Crippen LogP contribution in [0.1, 0.15) is 55.5 Å². The summed E-state index contributed by atoms with van der Waals surface area (Å²) in [6, 6.07) is 16.4. The Morgan fingerprint density at radius 3 is 2.62 bits per heavy atom. The van der Waals surface area contributed by atoms with E-state index in [1.807, 2.05) is 0 Å². The van der Waals surface area contributed by atoms with Crippen LogP contribution < -0.4 is 15.2 Å². The number of nitrogens with zero attached hydrogens (tertiary/aromatic N) is 1. The van der Waals surface area contributed by atoms with E-state index in [2.05, 4.69) is 6.07 Å². The van der Waals surface area contributed by atoms with Crippen LogP contribution in [0.5, 0.6) is 11.5 Å². The molecule has 3 aromatic carbocycles. The van der Waals surface area contributed by atoms with E-state index in [1.54, 1.807) is 55.5 Å². The molecule has 0 bridgehead atoms. The summed E-state index contributed by atoms with van der Waals surface area (Å²) in [7, 11) is 0. The minimum atomic E-state index is -0.796. The Hall–Kier alpha value is -4.18. The normalized spacial score (nSPS) is 13.5. The van der Waals surface area contributed by atoms with E-state index >= 15 is 4.39 Å². The fourth-order valence-corrected chi connectivity index (χ4v) is 3.70. The number of primary amides is 1. The van der Waals surface area contributed by atoms with Gasteiger partial charge in [0.05, 0.1) is 23.8 Å². The minimum Gasteiger partial charge on any atom is -0.492 e. The van der Waals surface area contributed by atoms with Crippen LogP contribution in [0.15, 0.2) is 54.6 Å². The molecular weight excluding hydrogens is 411 g/mol. The van der Waals surface area contributed by atoms with Crippen LogP contribution in [0.3, 0.4) is 0 Å². The van der Waals surface area contributed by atoms with Gasteiger partial charge in [-0.05, 0) is 48.4 Å². The fourth-order valence-electron chi connectivity index (χ4n) is 3.70. The van der Waals surface area contributed by atoms with E-state index in [0.29, 0.717) is 33.6 Å². The Morgan fingerprint density at radius 2 is 1.94 bits per heavy atom. The largest absolute Gasteiger partial charge is 0.492 e. The summed E-state index contributed by atoms with van der Waals surface area (Å²) < 4.78 is 26.9. The maximum Gasteiger partial charge on any atom is 0.248 e. The highest BCUT2D eigenvalue weighted by molar-refractivity contribution is 6.00. The van der Waals surface area contributed by atoms with E-state index in [9.17, 15) is 14.9 Å². The van der Waals surface area contributed by atoms with Crippen molar-refractivity contribution in [1.29, 1.82) is 5.26 Å². The molecule has 0 aliphatic carbocycles. The Morgan fingerprint density at radius 1 is 1.19 bits per heavy atom. The number of carbonyl (C=O) groups is 2. The van der Waals surface area contributed by atoms with Crippen molar-refractivity contribution in [1.82, 2.24) is 0 Å². The predicted molar refractivity (Wildman–Crippen MR) is 114 cm³/mol. The minimum absolute atomic E-state index is 0.0511. The molecule has 32 heavy (non-hydrogen) atoms. The molecule has 0 unspecified atom stereocenters. The molecule has 3 aromatic rings. The number of amides is 1. The summed E-state index contributed by atoms with van der Waals surface area (Å²) in [6.07, 6.45) is -0.599. The molecule has 160 valence electrons. The molecular formula is C25H19FN2O4. The number of Topliss-reactive ketones (excluding diaryl/α,β-unsaturated/α-hetero) is 1. The first-order chi connectivity index (χ1) is 15.4. The lowest BCUT2D eigenvalue weighted by Gasteiger charge is -2.25. The standard InChI is InChI=1S/C25H19FN2O4/c1-14-22-19(21(29)9-10-31-22)12-20(26)23(14)32-24(18-4-2-3-15(11-18)13-27)16-5-7-17(8-6-16)25(28)30/h2-8,11-12,24H,9-10H2,1H3,(H2,28,30)/t24-/m0/s1. The molecule has 7 heteroatoms. The highest BCUT2D eigenvalue weighted by Crippen LogP contribution is 2.40. The zero-order valence-electron chi connectivity index (χ0n) is 17.2. The summed E-state index contributed by atoms with van der Waals surface area (Å²) in [6.45, 7) is 1.86. The first-order valence-corrected chi connectivity index (χ1v) is 9.94. The van der Waals surface area contributed by atoms with E-state index in [4.69, 9.17) is 15.2 Å². The van der Waals surface area contributed by atoms with Gasteiger partial charge in [-0.2, -0.15) is 5.26 Å². The van der Waals surface area contributed by atoms with Gasteiger partial charge in [-0.3, -0.25) is 9.59 Å². The summed E-state index contributed by atoms with van der Waals surface area (Å²) in [4.78, 5) is 23.6. The van der Waals surface area contributed by atoms with Gasteiger partial charge in [-0.1, -0.05) is 24.3 Å². The number of halogens is 1. The lowest BCUT2D eigenvalue weighted by molar-refractivity contribution is 0.0930.